The second-order valence-corrected chi connectivity index (χ2v) is 2.93. The van der Waals surface area contributed by atoms with Crippen LogP contribution in [0.1, 0.15) is 0 Å². The molecule has 1 saturated heterocycles. The van der Waals surface area contributed by atoms with E-state index in [1.807, 2.05) is 0 Å². The Morgan fingerprint density at radius 1 is 1.23 bits per heavy atom. The largest absolute Gasteiger partial charge is 0.394 e. The van der Waals surface area contributed by atoms with Gasteiger partial charge in [-0.2, -0.15) is 0 Å². The van der Waals surface area contributed by atoms with Crippen molar-refractivity contribution in [3.8, 4) is 0 Å². The van der Waals surface area contributed by atoms with Gasteiger partial charge >= 0.3 is 0 Å². The van der Waals surface area contributed by atoms with Crippen molar-refractivity contribution in [3.05, 3.63) is 0 Å². The molecule has 0 bridgehead atoms. The van der Waals surface area contributed by atoms with Gasteiger partial charge in [0.2, 0.25) is 0 Å². The number of rotatable bonds is 2. The molecule has 1 aliphatic rings. The highest BCUT2D eigenvalue weighted by molar-refractivity contribution is 4.89. The highest BCUT2D eigenvalue weighted by Gasteiger charge is 2.43. The molecule has 1 heterocycles. The van der Waals surface area contributed by atoms with Crippen LogP contribution in [0.25, 0.3) is 0 Å². The zero-order valence-electron chi connectivity index (χ0n) is 7.20. The number of ether oxygens (including phenoxy) is 2. The van der Waals surface area contributed by atoms with E-state index < -0.39 is 37.3 Å². The summed E-state index contributed by atoms with van der Waals surface area (Å²) in [6.07, 6.45) is -5.76. The summed E-state index contributed by atoms with van der Waals surface area (Å²) in [5, 5.41) is 36.6. The summed E-state index contributed by atoms with van der Waals surface area (Å²) in [6.45, 7) is -0.440. The molecule has 0 aliphatic carbocycles. The molecule has 1 aliphatic heterocycles. The van der Waals surface area contributed by atoms with E-state index in [0.717, 1.165) is 0 Å². The summed E-state index contributed by atoms with van der Waals surface area (Å²) in [5.41, 5.74) is 0. The number of aliphatic hydroxyl groups is 4. The van der Waals surface area contributed by atoms with Gasteiger partial charge in [-0.15, -0.1) is 0 Å². The minimum Gasteiger partial charge on any atom is -0.394 e. The Labute approximate surface area is 75.3 Å². The Morgan fingerprint density at radius 2 is 1.85 bits per heavy atom. The monoisotopic (exact) mass is 194 g/mol. The number of hydrogen-bond acceptors (Lipinski definition) is 6. The molecule has 5 atom stereocenters. The average molecular weight is 194 g/mol. The van der Waals surface area contributed by atoms with E-state index in [1.54, 1.807) is 0 Å². The van der Waals surface area contributed by atoms with Crippen LogP contribution in [0.2, 0.25) is 0 Å². The van der Waals surface area contributed by atoms with Crippen molar-refractivity contribution in [2.75, 3.05) is 13.7 Å². The third kappa shape index (κ3) is 1.98. The Balaban J connectivity index is 2.69. The molecule has 0 spiro atoms. The maximum Gasteiger partial charge on any atom is 0.184 e. The van der Waals surface area contributed by atoms with Gasteiger partial charge in [-0.25, -0.2) is 0 Å². The van der Waals surface area contributed by atoms with Crippen molar-refractivity contribution in [1.82, 2.24) is 0 Å². The molecule has 2 unspecified atom stereocenters. The molecule has 0 aromatic rings. The zero-order chi connectivity index (χ0) is 10.0. The lowest BCUT2D eigenvalue weighted by Crippen LogP contribution is -2.59. The maximum absolute atomic E-state index is 9.44. The standard InChI is InChI=1S/C7H14O6/c1-12-6-4(9)3(2-8)13-7(11)5(6)10/h3-11H,2H2,1H3/t3?,4-,5-,6+,7?/m1/s1. The third-order valence-electron chi connectivity index (χ3n) is 2.11. The van der Waals surface area contributed by atoms with Gasteiger partial charge in [-0.1, -0.05) is 0 Å². The van der Waals surface area contributed by atoms with E-state index in [1.165, 1.54) is 7.11 Å². The lowest BCUT2D eigenvalue weighted by molar-refractivity contribution is -0.290. The van der Waals surface area contributed by atoms with E-state index in [-0.39, 0.29) is 0 Å². The van der Waals surface area contributed by atoms with E-state index in [4.69, 9.17) is 19.7 Å². The summed E-state index contributed by atoms with van der Waals surface area (Å²) in [7, 11) is 1.30. The lowest BCUT2D eigenvalue weighted by Gasteiger charge is -2.39. The van der Waals surface area contributed by atoms with Gasteiger partial charge in [0, 0.05) is 7.11 Å². The molecule has 78 valence electrons. The van der Waals surface area contributed by atoms with Crippen LogP contribution in [-0.2, 0) is 9.47 Å². The first-order valence-corrected chi connectivity index (χ1v) is 3.95. The molecular weight excluding hydrogens is 180 g/mol. The van der Waals surface area contributed by atoms with Crippen molar-refractivity contribution < 1.29 is 29.9 Å². The van der Waals surface area contributed by atoms with Gasteiger partial charge in [0.25, 0.3) is 0 Å². The normalized spacial score (nSPS) is 46.4. The molecule has 13 heavy (non-hydrogen) atoms. The van der Waals surface area contributed by atoms with Gasteiger partial charge in [0.1, 0.15) is 24.4 Å². The first kappa shape index (κ1) is 10.8. The second-order valence-electron chi connectivity index (χ2n) is 2.93. The Hall–Kier alpha value is -0.240. The summed E-state index contributed by atoms with van der Waals surface area (Å²) in [6, 6.07) is 0. The molecule has 1 fully saturated rings. The zero-order valence-corrected chi connectivity index (χ0v) is 7.20. The smallest absolute Gasteiger partial charge is 0.184 e. The molecule has 1 rings (SSSR count). The average Bonchev–Trinajstić information content (AvgIpc) is 2.12. The van der Waals surface area contributed by atoms with Crippen LogP contribution >= 0.6 is 0 Å². The van der Waals surface area contributed by atoms with Gasteiger partial charge < -0.3 is 29.9 Å². The summed E-state index contributed by atoms with van der Waals surface area (Å²) >= 11 is 0. The van der Waals surface area contributed by atoms with E-state index >= 15 is 0 Å². The second kappa shape index (κ2) is 4.32. The van der Waals surface area contributed by atoms with Crippen molar-refractivity contribution in [3.63, 3.8) is 0 Å². The van der Waals surface area contributed by atoms with E-state index in [2.05, 4.69) is 0 Å². The fraction of sp³-hybridized carbons (Fsp3) is 1.00. The van der Waals surface area contributed by atoms with Crippen LogP contribution in [0.5, 0.6) is 0 Å². The van der Waals surface area contributed by atoms with Crippen molar-refractivity contribution in [2.24, 2.45) is 0 Å². The molecule has 4 N–H and O–H groups in total. The van der Waals surface area contributed by atoms with Crippen molar-refractivity contribution in [2.45, 2.75) is 30.7 Å². The Morgan fingerprint density at radius 3 is 2.31 bits per heavy atom. The van der Waals surface area contributed by atoms with Gasteiger partial charge in [0.05, 0.1) is 6.61 Å². The molecule has 0 aromatic heterocycles. The minimum absolute atomic E-state index is 0.440. The SMILES string of the molecule is CO[C@H]1[C@H](O)C(CO)OC(O)[C@@H]1O. The van der Waals surface area contributed by atoms with E-state index in [9.17, 15) is 10.2 Å². The summed E-state index contributed by atoms with van der Waals surface area (Å²) in [5.74, 6) is 0. The topological polar surface area (TPSA) is 99.4 Å². The molecule has 0 aromatic carbocycles. The molecule has 0 saturated carbocycles. The third-order valence-corrected chi connectivity index (χ3v) is 2.11. The quantitative estimate of drug-likeness (QED) is 0.386. The number of methoxy groups -OCH3 is 1. The van der Waals surface area contributed by atoms with Crippen LogP contribution in [0.4, 0.5) is 0 Å². The highest BCUT2D eigenvalue weighted by Crippen LogP contribution is 2.21. The Kier molecular flexibility index (Phi) is 3.60. The number of hydrogen-bond donors (Lipinski definition) is 4. The van der Waals surface area contributed by atoms with Gasteiger partial charge in [-0.05, 0) is 0 Å². The fourth-order valence-corrected chi connectivity index (χ4v) is 1.35. The van der Waals surface area contributed by atoms with Crippen LogP contribution in [0, 0.1) is 0 Å². The fourth-order valence-electron chi connectivity index (χ4n) is 1.35. The maximum atomic E-state index is 9.44. The first-order chi connectivity index (χ1) is 6.11. The molecule has 0 amide bonds. The van der Waals surface area contributed by atoms with Gasteiger partial charge in [-0.3, -0.25) is 0 Å². The lowest BCUT2D eigenvalue weighted by atomic mass is 9.99. The summed E-state index contributed by atoms with van der Waals surface area (Å²) in [4.78, 5) is 0. The van der Waals surface area contributed by atoms with Crippen LogP contribution in [0.3, 0.4) is 0 Å². The number of aliphatic hydroxyl groups excluding tert-OH is 4. The first-order valence-electron chi connectivity index (χ1n) is 3.95. The van der Waals surface area contributed by atoms with Crippen LogP contribution in [-0.4, -0.2) is 64.8 Å². The van der Waals surface area contributed by atoms with Crippen molar-refractivity contribution >= 4 is 0 Å². The predicted octanol–water partition coefficient (Wildman–Crippen LogP) is -2.57. The summed E-state index contributed by atoms with van der Waals surface area (Å²) < 4.78 is 9.48. The molecular formula is C7H14O6. The molecule has 6 heteroatoms. The predicted molar refractivity (Wildman–Crippen MR) is 40.8 cm³/mol. The Bertz CT molecular complexity index is 163. The van der Waals surface area contributed by atoms with Crippen molar-refractivity contribution in [1.29, 1.82) is 0 Å². The van der Waals surface area contributed by atoms with Crippen LogP contribution < -0.4 is 0 Å². The highest BCUT2D eigenvalue weighted by atomic mass is 16.6. The molecule has 6 nitrogen and oxygen atoms in total. The van der Waals surface area contributed by atoms with Gasteiger partial charge in [0.15, 0.2) is 6.29 Å². The minimum atomic E-state index is -1.44. The van der Waals surface area contributed by atoms with Crippen LogP contribution in [0.15, 0.2) is 0 Å². The van der Waals surface area contributed by atoms with E-state index in [0.29, 0.717) is 0 Å². The molecule has 0 radical (unpaired) electrons.